The van der Waals surface area contributed by atoms with Crippen LogP contribution in [0.3, 0.4) is 0 Å². The summed E-state index contributed by atoms with van der Waals surface area (Å²) in [6.45, 7) is 2.03. The van der Waals surface area contributed by atoms with Gasteiger partial charge in [-0.2, -0.15) is 0 Å². The third-order valence-electron chi connectivity index (χ3n) is 2.68. The Bertz CT molecular complexity index is 490. The van der Waals surface area contributed by atoms with Gasteiger partial charge >= 0.3 is 0 Å². The summed E-state index contributed by atoms with van der Waals surface area (Å²) >= 11 is 3.42. The number of aryl methyl sites for hydroxylation is 1. The second-order valence-electron chi connectivity index (χ2n) is 4.01. The minimum atomic E-state index is -0.579. The summed E-state index contributed by atoms with van der Waals surface area (Å²) < 4.78 is 6.56. The van der Waals surface area contributed by atoms with Crippen LogP contribution in [0.5, 0.6) is 0 Å². The number of hydrogen-bond donors (Lipinski definition) is 1. The second kappa shape index (κ2) is 5.52. The number of furan rings is 1. The highest BCUT2D eigenvalue weighted by molar-refractivity contribution is 9.10. The molecular formula is C14H15BrO2. The van der Waals surface area contributed by atoms with Gasteiger partial charge in [0.2, 0.25) is 0 Å². The van der Waals surface area contributed by atoms with Crippen LogP contribution in [-0.4, -0.2) is 5.11 Å². The molecule has 0 spiro atoms. The summed E-state index contributed by atoms with van der Waals surface area (Å²) in [5.41, 5.74) is 1.08. The first-order chi connectivity index (χ1) is 8.19. The van der Waals surface area contributed by atoms with Crippen molar-refractivity contribution in [3.63, 3.8) is 0 Å². The van der Waals surface area contributed by atoms with Crippen LogP contribution in [0.25, 0.3) is 0 Å². The van der Waals surface area contributed by atoms with Gasteiger partial charge in [0.05, 0.1) is 0 Å². The number of halogens is 1. The molecule has 1 unspecified atom stereocenters. The maximum absolute atomic E-state index is 10.1. The number of rotatable bonds is 4. The van der Waals surface area contributed by atoms with Crippen LogP contribution in [0.2, 0.25) is 0 Å². The van der Waals surface area contributed by atoms with Crippen molar-refractivity contribution >= 4 is 15.9 Å². The van der Waals surface area contributed by atoms with E-state index in [-0.39, 0.29) is 0 Å². The van der Waals surface area contributed by atoms with Crippen LogP contribution >= 0.6 is 15.9 Å². The standard InChI is InChI=1S/C14H15BrO2/c1-2-12-6-7-14(17-12)13(16)9-10-4-3-5-11(15)8-10/h3-8,13,16H,2,9H2,1H3. The van der Waals surface area contributed by atoms with Gasteiger partial charge in [-0.1, -0.05) is 35.0 Å². The van der Waals surface area contributed by atoms with Crippen molar-refractivity contribution in [2.45, 2.75) is 25.9 Å². The number of aliphatic hydroxyl groups is 1. The maximum atomic E-state index is 10.1. The summed E-state index contributed by atoms with van der Waals surface area (Å²) in [6, 6.07) is 11.7. The van der Waals surface area contributed by atoms with E-state index >= 15 is 0 Å². The van der Waals surface area contributed by atoms with E-state index in [2.05, 4.69) is 15.9 Å². The Morgan fingerprint density at radius 2 is 2.12 bits per heavy atom. The normalized spacial score (nSPS) is 12.6. The van der Waals surface area contributed by atoms with E-state index in [1.165, 1.54) is 0 Å². The van der Waals surface area contributed by atoms with Gasteiger partial charge in [0.1, 0.15) is 17.6 Å². The molecule has 1 aromatic heterocycles. The monoisotopic (exact) mass is 294 g/mol. The highest BCUT2D eigenvalue weighted by Gasteiger charge is 2.12. The molecule has 0 radical (unpaired) electrons. The summed E-state index contributed by atoms with van der Waals surface area (Å²) in [5.74, 6) is 1.55. The molecule has 0 saturated heterocycles. The minimum Gasteiger partial charge on any atom is -0.463 e. The summed E-state index contributed by atoms with van der Waals surface area (Å²) in [6.07, 6.45) is 0.837. The van der Waals surface area contributed by atoms with E-state index in [1.807, 2.05) is 43.3 Å². The molecule has 2 nitrogen and oxygen atoms in total. The van der Waals surface area contributed by atoms with E-state index in [4.69, 9.17) is 4.42 Å². The Balaban J connectivity index is 2.08. The molecule has 0 saturated carbocycles. The Kier molecular flexibility index (Phi) is 4.02. The molecule has 17 heavy (non-hydrogen) atoms. The van der Waals surface area contributed by atoms with Crippen molar-refractivity contribution in [1.29, 1.82) is 0 Å². The van der Waals surface area contributed by atoms with Crippen molar-refractivity contribution < 1.29 is 9.52 Å². The van der Waals surface area contributed by atoms with E-state index in [1.54, 1.807) is 0 Å². The molecular weight excluding hydrogens is 280 g/mol. The summed E-state index contributed by atoms with van der Waals surface area (Å²) in [5, 5.41) is 10.1. The lowest BCUT2D eigenvalue weighted by Gasteiger charge is -2.08. The van der Waals surface area contributed by atoms with Crippen molar-refractivity contribution in [2.24, 2.45) is 0 Å². The zero-order valence-corrected chi connectivity index (χ0v) is 11.3. The van der Waals surface area contributed by atoms with E-state index in [9.17, 15) is 5.11 Å². The topological polar surface area (TPSA) is 33.4 Å². The quantitative estimate of drug-likeness (QED) is 0.928. The van der Waals surface area contributed by atoms with E-state index in [0.29, 0.717) is 12.2 Å². The average molecular weight is 295 g/mol. The Labute approximate surface area is 109 Å². The Morgan fingerprint density at radius 1 is 1.29 bits per heavy atom. The minimum absolute atomic E-state index is 0.566. The molecule has 3 heteroatoms. The van der Waals surface area contributed by atoms with Crippen LogP contribution in [-0.2, 0) is 12.8 Å². The lowest BCUT2D eigenvalue weighted by molar-refractivity contribution is 0.148. The van der Waals surface area contributed by atoms with Gasteiger partial charge in [-0.05, 0) is 29.8 Å². The smallest absolute Gasteiger partial charge is 0.133 e. The molecule has 0 aliphatic rings. The van der Waals surface area contributed by atoms with Crippen molar-refractivity contribution in [3.05, 3.63) is 58.0 Å². The fraction of sp³-hybridized carbons (Fsp3) is 0.286. The molecule has 0 fully saturated rings. The maximum Gasteiger partial charge on any atom is 0.133 e. The van der Waals surface area contributed by atoms with Crippen LogP contribution in [0, 0.1) is 0 Å². The fourth-order valence-electron chi connectivity index (χ4n) is 1.75. The van der Waals surface area contributed by atoms with Gasteiger partial charge in [-0.25, -0.2) is 0 Å². The molecule has 90 valence electrons. The fourth-order valence-corrected chi connectivity index (χ4v) is 2.20. The highest BCUT2D eigenvalue weighted by atomic mass is 79.9. The molecule has 1 aromatic carbocycles. The third-order valence-corrected chi connectivity index (χ3v) is 3.17. The first-order valence-electron chi connectivity index (χ1n) is 5.70. The molecule has 0 aliphatic heterocycles. The number of benzene rings is 1. The average Bonchev–Trinajstić information content (AvgIpc) is 2.77. The van der Waals surface area contributed by atoms with Crippen LogP contribution < -0.4 is 0 Å². The first kappa shape index (κ1) is 12.4. The molecule has 2 rings (SSSR count). The molecule has 1 N–H and O–H groups in total. The van der Waals surface area contributed by atoms with Gasteiger partial charge in [0.25, 0.3) is 0 Å². The Hall–Kier alpha value is -1.06. The van der Waals surface area contributed by atoms with Crippen molar-refractivity contribution in [2.75, 3.05) is 0 Å². The molecule has 1 heterocycles. The van der Waals surface area contributed by atoms with E-state index in [0.717, 1.165) is 22.2 Å². The highest BCUT2D eigenvalue weighted by Crippen LogP contribution is 2.22. The lowest BCUT2D eigenvalue weighted by Crippen LogP contribution is -2.00. The molecule has 1 atom stereocenters. The van der Waals surface area contributed by atoms with Crippen LogP contribution in [0.15, 0.2) is 45.3 Å². The predicted octanol–water partition coefficient (Wildman–Crippen LogP) is 3.88. The number of hydrogen-bond acceptors (Lipinski definition) is 2. The van der Waals surface area contributed by atoms with Crippen LogP contribution in [0.4, 0.5) is 0 Å². The lowest BCUT2D eigenvalue weighted by atomic mass is 10.1. The summed E-state index contributed by atoms with van der Waals surface area (Å²) in [7, 11) is 0. The molecule has 2 aromatic rings. The van der Waals surface area contributed by atoms with Crippen LogP contribution in [0.1, 0.15) is 30.1 Å². The van der Waals surface area contributed by atoms with Gasteiger partial charge < -0.3 is 9.52 Å². The zero-order chi connectivity index (χ0) is 12.3. The van der Waals surface area contributed by atoms with Gasteiger partial charge in [-0.3, -0.25) is 0 Å². The van der Waals surface area contributed by atoms with Crippen molar-refractivity contribution in [1.82, 2.24) is 0 Å². The third kappa shape index (κ3) is 3.20. The van der Waals surface area contributed by atoms with Gasteiger partial charge in [0.15, 0.2) is 0 Å². The Morgan fingerprint density at radius 3 is 2.76 bits per heavy atom. The molecule has 0 amide bonds. The van der Waals surface area contributed by atoms with Gasteiger partial charge in [0, 0.05) is 17.3 Å². The largest absolute Gasteiger partial charge is 0.463 e. The second-order valence-corrected chi connectivity index (χ2v) is 4.92. The number of aliphatic hydroxyl groups excluding tert-OH is 1. The first-order valence-corrected chi connectivity index (χ1v) is 6.49. The van der Waals surface area contributed by atoms with Crippen molar-refractivity contribution in [3.8, 4) is 0 Å². The van der Waals surface area contributed by atoms with E-state index < -0.39 is 6.10 Å². The molecule has 0 bridgehead atoms. The SMILES string of the molecule is CCc1ccc(C(O)Cc2cccc(Br)c2)o1. The summed E-state index contributed by atoms with van der Waals surface area (Å²) in [4.78, 5) is 0. The molecule has 0 aliphatic carbocycles. The zero-order valence-electron chi connectivity index (χ0n) is 9.69. The van der Waals surface area contributed by atoms with Gasteiger partial charge in [-0.15, -0.1) is 0 Å². The predicted molar refractivity (Wildman–Crippen MR) is 70.9 cm³/mol.